The van der Waals surface area contributed by atoms with Gasteiger partial charge in [0.25, 0.3) is 0 Å². The van der Waals surface area contributed by atoms with Gasteiger partial charge in [0.2, 0.25) is 0 Å². The molecule has 0 aromatic rings. The first-order valence-corrected chi connectivity index (χ1v) is 4.32. The molecule has 0 radical (unpaired) electrons. The summed E-state index contributed by atoms with van der Waals surface area (Å²) in [5.74, 6) is -0.941. The van der Waals surface area contributed by atoms with Crippen LogP contribution in [0.5, 0.6) is 0 Å². The highest BCUT2D eigenvalue weighted by Gasteiger charge is 1.96. The summed E-state index contributed by atoms with van der Waals surface area (Å²) in [5, 5.41) is 0. The van der Waals surface area contributed by atoms with Gasteiger partial charge in [-0.2, -0.15) is 0 Å². The highest BCUT2D eigenvalue weighted by atomic mass is 16.5. The topological polar surface area (TPSA) is 52.6 Å². The molecule has 0 saturated heterocycles. The first-order chi connectivity index (χ1) is 7.10. The van der Waals surface area contributed by atoms with Crippen LogP contribution in [0, 0.1) is 0 Å². The van der Waals surface area contributed by atoms with Gasteiger partial charge in [-0.3, -0.25) is 0 Å². The van der Waals surface area contributed by atoms with E-state index >= 15 is 0 Å². The molecule has 0 heterocycles. The number of carbonyl (C=O) groups excluding carboxylic acids is 2. The summed E-state index contributed by atoms with van der Waals surface area (Å²) in [6.07, 6.45) is 5.46. The highest BCUT2D eigenvalue weighted by molar-refractivity contribution is 5.85. The van der Waals surface area contributed by atoms with Crippen LogP contribution in [0.1, 0.15) is 6.92 Å². The van der Waals surface area contributed by atoms with Gasteiger partial charge in [0.15, 0.2) is 0 Å². The zero-order chi connectivity index (χ0) is 11.7. The van der Waals surface area contributed by atoms with Crippen molar-refractivity contribution < 1.29 is 19.1 Å². The van der Waals surface area contributed by atoms with Gasteiger partial charge < -0.3 is 9.47 Å². The molecule has 0 atom stereocenters. The van der Waals surface area contributed by atoms with Crippen molar-refractivity contribution in [1.29, 1.82) is 0 Å². The van der Waals surface area contributed by atoms with E-state index in [1.54, 1.807) is 6.92 Å². The third-order valence-corrected chi connectivity index (χ3v) is 1.37. The predicted octanol–water partition coefficient (Wildman–Crippen LogP) is 1.39. The Morgan fingerprint density at radius 3 is 2.47 bits per heavy atom. The summed E-state index contributed by atoms with van der Waals surface area (Å²) in [6.45, 7) is 5.25. The number of carbonyl (C=O) groups is 2. The van der Waals surface area contributed by atoms with Gasteiger partial charge in [-0.1, -0.05) is 18.7 Å². The van der Waals surface area contributed by atoms with Crippen LogP contribution in [-0.2, 0) is 19.1 Å². The van der Waals surface area contributed by atoms with Crippen LogP contribution in [0.15, 0.2) is 36.5 Å². The zero-order valence-corrected chi connectivity index (χ0v) is 8.86. The van der Waals surface area contributed by atoms with Crippen LogP contribution in [-0.4, -0.2) is 25.7 Å². The summed E-state index contributed by atoms with van der Waals surface area (Å²) in [6, 6.07) is 0. The second-order valence-corrected chi connectivity index (χ2v) is 2.66. The highest BCUT2D eigenvalue weighted by Crippen LogP contribution is 1.96. The van der Waals surface area contributed by atoms with Crippen LogP contribution < -0.4 is 0 Å². The molecule has 0 aliphatic heterocycles. The van der Waals surface area contributed by atoms with E-state index in [4.69, 9.17) is 4.74 Å². The quantitative estimate of drug-likeness (QED) is 0.298. The molecule has 0 aliphatic carbocycles. The number of methoxy groups -OCH3 is 1. The molecule has 15 heavy (non-hydrogen) atoms. The average Bonchev–Trinajstić information content (AvgIpc) is 2.22. The Hall–Kier alpha value is -1.84. The van der Waals surface area contributed by atoms with Gasteiger partial charge in [0.1, 0.15) is 6.61 Å². The van der Waals surface area contributed by atoms with E-state index in [1.807, 2.05) is 0 Å². The first kappa shape index (κ1) is 13.2. The van der Waals surface area contributed by atoms with Crippen molar-refractivity contribution in [3.63, 3.8) is 0 Å². The first-order valence-electron chi connectivity index (χ1n) is 4.32. The van der Waals surface area contributed by atoms with E-state index in [-0.39, 0.29) is 6.61 Å². The lowest BCUT2D eigenvalue weighted by Gasteiger charge is -1.96. The second-order valence-electron chi connectivity index (χ2n) is 2.66. The lowest BCUT2D eigenvalue weighted by Crippen LogP contribution is -2.00. The minimum absolute atomic E-state index is 0.170. The molecule has 0 spiro atoms. The van der Waals surface area contributed by atoms with Crippen molar-refractivity contribution in [2.45, 2.75) is 6.92 Å². The number of hydrogen-bond acceptors (Lipinski definition) is 4. The molecule has 4 nitrogen and oxygen atoms in total. The smallest absolute Gasteiger partial charge is 0.331 e. The molecule has 0 aliphatic rings. The average molecular weight is 210 g/mol. The molecular formula is C11H14O4. The van der Waals surface area contributed by atoms with E-state index in [2.05, 4.69) is 11.3 Å². The lowest BCUT2D eigenvalue weighted by molar-refractivity contribution is -0.137. The van der Waals surface area contributed by atoms with Gasteiger partial charge >= 0.3 is 11.9 Å². The van der Waals surface area contributed by atoms with Crippen molar-refractivity contribution in [1.82, 2.24) is 0 Å². The summed E-state index contributed by atoms with van der Waals surface area (Å²) in [7, 11) is 1.28. The SMILES string of the molecule is C=CCOC(=O)/C=C(C)/C=C/C(=O)OC. The molecular weight excluding hydrogens is 196 g/mol. The van der Waals surface area contributed by atoms with E-state index in [1.165, 1.54) is 31.4 Å². The van der Waals surface area contributed by atoms with E-state index in [9.17, 15) is 9.59 Å². The van der Waals surface area contributed by atoms with E-state index in [0.29, 0.717) is 5.57 Å². The third kappa shape index (κ3) is 7.25. The van der Waals surface area contributed by atoms with E-state index in [0.717, 1.165) is 0 Å². The number of rotatable bonds is 5. The molecule has 0 aromatic carbocycles. The summed E-state index contributed by atoms with van der Waals surface area (Å²) in [4.78, 5) is 21.7. The zero-order valence-electron chi connectivity index (χ0n) is 8.86. The van der Waals surface area contributed by atoms with Crippen molar-refractivity contribution in [2.75, 3.05) is 13.7 Å². The third-order valence-electron chi connectivity index (χ3n) is 1.37. The summed E-state index contributed by atoms with van der Waals surface area (Å²) >= 11 is 0. The predicted molar refractivity (Wildman–Crippen MR) is 56.1 cm³/mol. The minimum atomic E-state index is -0.470. The molecule has 4 heteroatoms. The Morgan fingerprint density at radius 1 is 1.27 bits per heavy atom. The second kappa shape index (κ2) is 7.55. The lowest BCUT2D eigenvalue weighted by atomic mass is 10.2. The monoisotopic (exact) mass is 210 g/mol. The molecule has 0 amide bonds. The minimum Gasteiger partial charge on any atom is -0.466 e. The number of esters is 2. The van der Waals surface area contributed by atoms with Crippen molar-refractivity contribution >= 4 is 11.9 Å². The molecule has 0 saturated carbocycles. The fraction of sp³-hybridized carbons (Fsp3) is 0.273. The van der Waals surface area contributed by atoms with Crippen LogP contribution in [0.25, 0.3) is 0 Å². The Bertz CT molecular complexity index is 300. The Morgan fingerprint density at radius 2 is 1.93 bits per heavy atom. The number of hydrogen-bond donors (Lipinski definition) is 0. The Kier molecular flexibility index (Phi) is 6.63. The maximum atomic E-state index is 11.0. The van der Waals surface area contributed by atoms with Crippen LogP contribution in [0.3, 0.4) is 0 Å². The van der Waals surface area contributed by atoms with Gasteiger partial charge in [-0.25, -0.2) is 9.59 Å². The Labute approximate surface area is 88.9 Å². The summed E-state index contributed by atoms with van der Waals surface area (Å²) in [5.41, 5.74) is 0.606. The fourth-order valence-corrected chi connectivity index (χ4v) is 0.684. The van der Waals surface area contributed by atoms with Crippen molar-refractivity contribution in [3.05, 3.63) is 36.5 Å². The Balaban J connectivity index is 4.18. The molecule has 0 bridgehead atoms. The van der Waals surface area contributed by atoms with Gasteiger partial charge in [0, 0.05) is 12.2 Å². The normalized spacial score (nSPS) is 11.2. The maximum Gasteiger partial charge on any atom is 0.331 e. The molecule has 0 N–H and O–H groups in total. The molecule has 0 rings (SSSR count). The molecule has 82 valence electrons. The standard InChI is InChI=1S/C11H14O4/c1-4-7-15-11(13)8-9(2)5-6-10(12)14-3/h4-6,8H,1,7H2,2-3H3/b6-5+,9-8+. The summed E-state index contributed by atoms with van der Waals surface area (Å²) < 4.78 is 9.10. The van der Waals surface area contributed by atoms with Gasteiger partial charge in [0.05, 0.1) is 7.11 Å². The molecule has 0 unspecified atom stereocenters. The molecule has 0 aromatic heterocycles. The fourth-order valence-electron chi connectivity index (χ4n) is 0.684. The van der Waals surface area contributed by atoms with Crippen molar-refractivity contribution in [2.24, 2.45) is 0 Å². The van der Waals surface area contributed by atoms with Crippen molar-refractivity contribution in [3.8, 4) is 0 Å². The van der Waals surface area contributed by atoms with Crippen LogP contribution in [0.4, 0.5) is 0 Å². The molecule has 0 fully saturated rings. The van der Waals surface area contributed by atoms with Gasteiger partial charge in [-0.15, -0.1) is 0 Å². The number of ether oxygens (including phenoxy) is 2. The van der Waals surface area contributed by atoms with Gasteiger partial charge in [-0.05, 0) is 12.5 Å². The van der Waals surface area contributed by atoms with Crippen LogP contribution in [0.2, 0.25) is 0 Å². The number of allylic oxidation sites excluding steroid dienone is 2. The van der Waals surface area contributed by atoms with Crippen LogP contribution >= 0.6 is 0 Å². The van der Waals surface area contributed by atoms with E-state index < -0.39 is 11.9 Å². The maximum absolute atomic E-state index is 11.0. The largest absolute Gasteiger partial charge is 0.466 e.